The van der Waals surface area contributed by atoms with Crippen LogP contribution >= 0.6 is 23.1 Å². The maximum Gasteiger partial charge on any atom is 0.230 e. The number of aromatic nitrogens is 3. The summed E-state index contributed by atoms with van der Waals surface area (Å²) in [5, 5.41) is 13.8. The maximum atomic E-state index is 11.9. The summed E-state index contributed by atoms with van der Waals surface area (Å²) in [6.07, 6.45) is 3.71. The molecule has 2 rings (SSSR count). The van der Waals surface area contributed by atoms with Crippen LogP contribution in [0.2, 0.25) is 0 Å². The largest absolute Gasteiger partial charge is 0.380 e. The fraction of sp³-hybridized carbons (Fsp3) is 0.588. The number of aryl methyl sites for hydroxylation is 2. The lowest BCUT2D eigenvalue weighted by atomic mass is 10.1. The van der Waals surface area contributed by atoms with E-state index in [4.69, 9.17) is 4.74 Å². The maximum absolute atomic E-state index is 11.9. The van der Waals surface area contributed by atoms with Gasteiger partial charge < -0.3 is 14.6 Å². The summed E-state index contributed by atoms with van der Waals surface area (Å²) in [4.78, 5) is 13.2. The minimum absolute atomic E-state index is 0.00901. The molecule has 1 amide bonds. The average molecular weight is 383 g/mol. The standard InChI is InChI=1S/C17H26N4O2S2/c1-14(2)6-9-23-10-7-18-16(22)12-25-17-20-19-13-21(17)8-5-15-4-3-11-24-15/h3-4,11,13-14H,5-10,12H2,1-2H3,(H,18,22). The van der Waals surface area contributed by atoms with Gasteiger partial charge in [0.05, 0.1) is 12.4 Å². The second kappa shape index (κ2) is 11.3. The normalized spacial score (nSPS) is 11.2. The molecule has 0 aromatic carbocycles. The zero-order chi connectivity index (χ0) is 17.9. The second-order valence-corrected chi connectivity index (χ2v) is 8.04. The molecule has 0 saturated carbocycles. The highest BCUT2D eigenvalue weighted by Gasteiger charge is 2.09. The Kier molecular flexibility index (Phi) is 8.99. The van der Waals surface area contributed by atoms with Crippen LogP contribution < -0.4 is 5.32 Å². The number of carbonyl (C=O) groups is 1. The molecular weight excluding hydrogens is 356 g/mol. The van der Waals surface area contributed by atoms with Gasteiger partial charge in [-0.2, -0.15) is 0 Å². The quantitative estimate of drug-likeness (QED) is 0.452. The predicted molar refractivity (Wildman–Crippen MR) is 102 cm³/mol. The molecule has 2 aromatic heterocycles. The summed E-state index contributed by atoms with van der Waals surface area (Å²) in [6.45, 7) is 7.00. The van der Waals surface area contributed by atoms with E-state index in [0.717, 1.165) is 31.1 Å². The Labute approximate surface area is 157 Å². The van der Waals surface area contributed by atoms with E-state index in [1.165, 1.54) is 16.6 Å². The van der Waals surface area contributed by atoms with Crippen LogP contribution in [0, 0.1) is 5.92 Å². The number of thioether (sulfide) groups is 1. The summed E-state index contributed by atoms with van der Waals surface area (Å²) < 4.78 is 7.48. The number of amides is 1. The molecule has 0 atom stereocenters. The Balaban J connectivity index is 1.61. The molecule has 2 aromatic rings. The summed E-state index contributed by atoms with van der Waals surface area (Å²) in [5.74, 6) is 0.970. The molecule has 8 heteroatoms. The smallest absolute Gasteiger partial charge is 0.230 e. The van der Waals surface area contributed by atoms with Crippen LogP contribution in [-0.2, 0) is 22.5 Å². The predicted octanol–water partition coefficient (Wildman–Crippen LogP) is 2.85. The van der Waals surface area contributed by atoms with Gasteiger partial charge in [-0.1, -0.05) is 31.7 Å². The third-order valence-electron chi connectivity index (χ3n) is 3.50. The van der Waals surface area contributed by atoms with Gasteiger partial charge in [0.2, 0.25) is 5.91 Å². The van der Waals surface area contributed by atoms with Crippen LogP contribution in [0.3, 0.4) is 0 Å². The zero-order valence-electron chi connectivity index (χ0n) is 14.8. The van der Waals surface area contributed by atoms with Crippen LogP contribution in [-0.4, -0.2) is 46.2 Å². The molecule has 0 aliphatic heterocycles. The topological polar surface area (TPSA) is 69.0 Å². The van der Waals surface area contributed by atoms with E-state index in [9.17, 15) is 4.79 Å². The first-order valence-corrected chi connectivity index (χ1v) is 10.4. The molecule has 0 bridgehead atoms. The summed E-state index contributed by atoms with van der Waals surface area (Å²) >= 11 is 3.16. The number of carbonyl (C=O) groups excluding carboxylic acids is 1. The number of hydrogen-bond acceptors (Lipinski definition) is 6. The van der Waals surface area contributed by atoms with Crippen molar-refractivity contribution in [1.82, 2.24) is 20.1 Å². The third-order valence-corrected chi connectivity index (χ3v) is 5.42. The van der Waals surface area contributed by atoms with Crippen molar-refractivity contribution in [3.63, 3.8) is 0 Å². The van der Waals surface area contributed by atoms with Crippen LogP contribution in [0.1, 0.15) is 25.1 Å². The number of hydrogen-bond donors (Lipinski definition) is 1. The molecule has 6 nitrogen and oxygen atoms in total. The highest BCUT2D eigenvalue weighted by molar-refractivity contribution is 7.99. The van der Waals surface area contributed by atoms with E-state index in [1.54, 1.807) is 17.7 Å². The van der Waals surface area contributed by atoms with Gasteiger partial charge in [-0.15, -0.1) is 21.5 Å². The van der Waals surface area contributed by atoms with Crippen molar-refractivity contribution in [3.8, 4) is 0 Å². The van der Waals surface area contributed by atoms with Crippen molar-refractivity contribution >= 4 is 29.0 Å². The van der Waals surface area contributed by atoms with Crippen LogP contribution in [0.4, 0.5) is 0 Å². The fourth-order valence-corrected chi connectivity index (χ4v) is 3.53. The number of nitrogens with one attached hydrogen (secondary N) is 1. The van der Waals surface area contributed by atoms with Crippen molar-refractivity contribution in [3.05, 3.63) is 28.7 Å². The van der Waals surface area contributed by atoms with Gasteiger partial charge in [0.1, 0.15) is 6.33 Å². The lowest BCUT2D eigenvalue weighted by Crippen LogP contribution is -2.29. The minimum Gasteiger partial charge on any atom is -0.380 e. The van der Waals surface area contributed by atoms with Gasteiger partial charge in [-0.3, -0.25) is 4.79 Å². The minimum atomic E-state index is -0.00901. The van der Waals surface area contributed by atoms with Gasteiger partial charge in [-0.25, -0.2) is 0 Å². The molecule has 0 saturated heterocycles. The van der Waals surface area contributed by atoms with E-state index < -0.39 is 0 Å². The lowest BCUT2D eigenvalue weighted by molar-refractivity contribution is -0.118. The first-order chi connectivity index (χ1) is 12.1. The van der Waals surface area contributed by atoms with Crippen LogP contribution in [0.25, 0.3) is 0 Å². The molecule has 0 radical (unpaired) electrons. The van der Waals surface area contributed by atoms with Gasteiger partial charge in [-0.05, 0) is 30.2 Å². The Bertz CT molecular complexity index is 614. The van der Waals surface area contributed by atoms with Crippen molar-refractivity contribution in [1.29, 1.82) is 0 Å². The lowest BCUT2D eigenvalue weighted by Gasteiger charge is -2.08. The van der Waals surface area contributed by atoms with Gasteiger partial charge in [0, 0.05) is 24.6 Å². The monoisotopic (exact) mass is 382 g/mol. The molecule has 0 aliphatic carbocycles. The SMILES string of the molecule is CC(C)CCOCCNC(=O)CSc1nncn1CCc1cccs1. The first-order valence-electron chi connectivity index (χ1n) is 8.52. The molecule has 138 valence electrons. The molecule has 0 unspecified atom stereocenters. The van der Waals surface area contributed by atoms with Gasteiger partial charge in [0.25, 0.3) is 0 Å². The Hall–Kier alpha value is -1.38. The Morgan fingerprint density at radius 2 is 2.32 bits per heavy atom. The molecule has 0 spiro atoms. The van der Waals surface area contributed by atoms with Crippen molar-refractivity contribution in [2.24, 2.45) is 5.92 Å². The first kappa shape index (κ1) is 19.9. The average Bonchev–Trinajstić information content (AvgIpc) is 3.25. The number of thiophene rings is 1. The van der Waals surface area contributed by atoms with Gasteiger partial charge in [0.15, 0.2) is 5.16 Å². The highest BCUT2D eigenvalue weighted by Crippen LogP contribution is 2.16. The molecular formula is C17H26N4O2S2. The third kappa shape index (κ3) is 8.02. The summed E-state index contributed by atoms with van der Waals surface area (Å²) in [6, 6.07) is 4.18. The molecule has 25 heavy (non-hydrogen) atoms. The Morgan fingerprint density at radius 1 is 1.44 bits per heavy atom. The van der Waals surface area contributed by atoms with Gasteiger partial charge >= 0.3 is 0 Å². The van der Waals surface area contributed by atoms with Crippen molar-refractivity contribution in [2.45, 2.75) is 38.4 Å². The molecule has 1 N–H and O–H groups in total. The number of nitrogens with zero attached hydrogens (tertiary/aromatic N) is 3. The zero-order valence-corrected chi connectivity index (χ0v) is 16.4. The van der Waals surface area contributed by atoms with Crippen LogP contribution in [0.5, 0.6) is 0 Å². The van der Waals surface area contributed by atoms with E-state index in [-0.39, 0.29) is 5.91 Å². The van der Waals surface area contributed by atoms with E-state index in [1.807, 2.05) is 4.57 Å². The van der Waals surface area contributed by atoms with E-state index in [2.05, 4.69) is 46.9 Å². The van der Waals surface area contributed by atoms with E-state index in [0.29, 0.717) is 24.8 Å². The highest BCUT2D eigenvalue weighted by atomic mass is 32.2. The van der Waals surface area contributed by atoms with Crippen LogP contribution in [0.15, 0.2) is 29.0 Å². The van der Waals surface area contributed by atoms with Crippen molar-refractivity contribution < 1.29 is 9.53 Å². The second-order valence-electron chi connectivity index (χ2n) is 6.07. The summed E-state index contributed by atoms with van der Waals surface area (Å²) in [5.41, 5.74) is 0. The number of ether oxygens (including phenoxy) is 1. The molecule has 0 fully saturated rings. The molecule has 2 heterocycles. The number of rotatable bonds is 12. The Morgan fingerprint density at radius 3 is 3.08 bits per heavy atom. The molecule has 0 aliphatic rings. The van der Waals surface area contributed by atoms with Crippen molar-refractivity contribution in [2.75, 3.05) is 25.5 Å². The van der Waals surface area contributed by atoms with E-state index >= 15 is 0 Å². The fourth-order valence-electron chi connectivity index (χ4n) is 2.06. The summed E-state index contributed by atoms with van der Waals surface area (Å²) in [7, 11) is 0.